The number of aromatic nitrogens is 1. The Morgan fingerprint density at radius 3 is 2.52 bits per heavy atom. The molecular formula is C17H15NO2S. The molecule has 4 heteroatoms. The Kier molecular flexibility index (Phi) is 3.47. The number of thiazole rings is 1. The van der Waals surface area contributed by atoms with Crippen LogP contribution in [-0.2, 0) is 0 Å². The summed E-state index contributed by atoms with van der Waals surface area (Å²) < 4.78 is 0. The third-order valence-electron chi connectivity index (χ3n) is 3.35. The first-order chi connectivity index (χ1) is 10.1. The van der Waals surface area contributed by atoms with Crippen molar-refractivity contribution in [1.82, 2.24) is 4.98 Å². The number of rotatable bonds is 3. The van der Waals surface area contributed by atoms with E-state index in [0.29, 0.717) is 0 Å². The van der Waals surface area contributed by atoms with Crippen LogP contribution in [0.3, 0.4) is 0 Å². The standard InChI is InChI=1S/C17H15NO2S/c1-10(2)16-18-14(17(19)20)15(21-16)13-8-7-11-5-3-4-6-12(11)9-13/h3-10H,1-2H3,(H,19,20). The molecule has 106 valence electrons. The van der Waals surface area contributed by atoms with Crippen LogP contribution < -0.4 is 0 Å². The van der Waals surface area contributed by atoms with Gasteiger partial charge in [0.2, 0.25) is 0 Å². The molecule has 0 fully saturated rings. The molecule has 0 aliphatic heterocycles. The monoisotopic (exact) mass is 297 g/mol. The van der Waals surface area contributed by atoms with Crippen LogP contribution in [0.1, 0.15) is 35.3 Å². The van der Waals surface area contributed by atoms with E-state index in [2.05, 4.69) is 4.98 Å². The number of carbonyl (C=O) groups is 1. The summed E-state index contributed by atoms with van der Waals surface area (Å²) in [4.78, 5) is 16.5. The second-order valence-corrected chi connectivity index (χ2v) is 6.28. The number of aromatic carboxylic acids is 1. The van der Waals surface area contributed by atoms with Crippen molar-refractivity contribution in [2.24, 2.45) is 0 Å². The molecule has 1 N–H and O–H groups in total. The van der Waals surface area contributed by atoms with Gasteiger partial charge in [0.15, 0.2) is 5.69 Å². The molecule has 0 aliphatic rings. The molecule has 0 aliphatic carbocycles. The van der Waals surface area contributed by atoms with Crippen LogP contribution in [0.15, 0.2) is 42.5 Å². The molecule has 1 aromatic heterocycles. The molecule has 0 radical (unpaired) electrons. The van der Waals surface area contributed by atoms with Crippen molar-refractivity contribution < 1.29 is 9.90 Å². The molecule has 3 aromatic rings. The van der Waals surface area contributed by atoms with Crippen molar-refractivity contribution in [1.29, 1.82) is 0 Å². The largest absolute Gasteiger partial charge is 0.476 e. The average molecular weight is 297 g/mol. The molecule has 0 unspecified atom stereocenters. The Hall–Kier alpha value is -2.20. The minimum absolute atomic E-state index is 0.152. The van der Waals surface area contributed by atoms with Gasteiger partial charge in [-0.05, 0) is 22.4 Å². The summed E-state index contributed by atoms with van der Waals surface area (Å²) in [5, 5.41) is 12.5. The normalized spacial score (nSPS) is 11.2. The average Bonchev–Trinajstić information content (AvgIpc) is 2.92. The Balaban J connectivity index is 2.19. The van der Waals surface area contributed by atoms with Crippen LogP contribution >= 0.6 is 11.3 Å². The van der Waals surface area contributed by atoms with E-state index in [-0.39, 0.29) is 11.6 Å². The fraction of sp³-hybridized carbons (Fsp3) is 0.176. The summed E-state index contributed by atoms with van der Waals surface area (Å²) in [7, 11) is 0. The summed E-state index contributed by atoms with van der Waals surface area (Å²) in [6.07, 6.45) is 0. The summed E-state index contributed by atoms with van der Waals surface area (Å²) in [6.45, 7) is 4.04. The molecule has 0 bridgehead atoms. The molecule has 0 saturated carbocycles. The lowest BCUT2D eigenvalue weighted by Crippen LogP contribution is -1.99. The maximum Gasteiger partial charge on any atom is 0.356 e. The van der Waals surface area contributed by atoms with Crippen molar-refractivity contribution >= 4 is 28.1 Å². The quantitative estimate of drug-likeness (QED) is 0.756. The molecule has 3 nitrogen and oxygen atoms in total. The maximum absolute atomic E-state index is 11.4. The van der Waals surface area contributed by atoms with Gasteiger partial charge in [-0.3, -0.25) is 0 Å². The molecule has 2 aromatic carbocycles. The highest BCUT2D eigenvalue weighted by Crippen LogP contribution is 2.35. The van der Waals surface area contributed by atoms with E-state index < -0.39 is 5.97 Å². The van der Waals surface area contributed by atoms with Crippen LogP contribution in [-0.4, -0.2) is 16.1 Å². The highest BCUT2D eigenvalue weighted by atomic mass is 32.1. The Bertz CT molecular complexity index is 821. The number of fused-ring (bicyclic) bond motifs is 1. The SMILES string of the molecule is CC(C)c1nc(C(=O)O)c(-c2ccc3ccccc3c2)s1. The lowest BCUT2D eigenvalue weighted by atomic mass is 10.1. The van der Waals surface area contributed by atoms with E-state index in [1.165, 1.54) is 11.3 Å². The first-order valence-corrected chi connectivity index (χ1v) is 7.61. The van der Waals surface area contributed by atoms with Crippen LogP contribution in [0.25, 0.3) is 21.2 Å². The zero-order chi connectivity index (χ0) is 15.0. The first kappa shape index (κ1) is 13.8. The molecule has 0 spiro atoms. The van der Waals surface area contributed by atoms with E-state index in [0.717, 1.165) is 26.2 Å². The summed E-state index contributed by atoms with van der Waals surface area (Å²) in [5.41, 5.74) is 1.06. The number of carboxylic acid groups (broad SMARTS) is 1. The Labute approximate surface area is 126 Å². The fourth-order valence-corrected chi connectivity index (χ4v) is 3.31. The maximum atomic E-state index is 11.4. The Morgan fingerprint density at radius 1 is 1.14 bits per heavy atom. The van der Waals surface area contributed by atoms with E-state index in [4.69, 9.17) is 0 Å². The van der Waals surface area contributed by atoms with Gasteiger partial charge in [-0.25, -0.2) is 9.78 Å². The predicted molar refractivity (Wildman–Crippen MR) is 86.1 cm³/mol. The van der Waals surface area contributed by atoms with Gasteiger partial charge in [0.1, 0.15) is 0 Å². The number of benzene rings is 2. The second-order valence-electron chi connectivity index (χ2n) is 5.25. The summed E-state index contributed by atoms with van der Waals surface area (Å²) in [6, 6.07) is 14.1. The van der Waals surface area contributed by atoms with Gasteiger partial charge < -0.3 is 5.11 Å². The minimum Gasteiger partial charge on any atom is -0.476 e. The fourth-order valence-electron chi connectivity index (χ4n) is 2.25. The highest BCUT2D eigenvalue weighted by Gasteiger charge is 2.20. The second kappa shape index (κ2) is 5.30. The van der Waals surface area contributed by atoms with Crippen LogP contribution in [0.2, 0.25) is 0 Å². The highest BCUT2D eigenvalue weighted by molar-refractivity contribution is 7.15. The molecule has 21 heavy (non-hydrogen) atoms. The molecular weight excluding hydrogens is 282 g/mol. The van der Waals surface area contributed by atoms with Gasteiger partial charge in [0.25, 0.3) is 0 Å². The minimum atomic E-state index is -0.971. The third kappa shape index (κ3) is 2.54. The van der Waals surface area contributed by atoms with Crippen LogP contribution in [0, 0.1) is 0 Å². The first-order valence-electron chi connectivity index (χ1n) is 6.79. The van der Waals surface area contributed by atoms with Gasteiger partial charge in [-0.15, -0.1) is 11.3 Å². The zero-order valence-corrected chi connectivity index (χ0v) is 12.6. The number of nitrogens with zero attached hydrogens (tertiary/aromatic N) is 1. The van der Waals surface area contributed by atoms with Crippen LogP contribution in [0.5, 0.6) is 0 Å². The van der Waals surface area contributed by atoms with Crippen molar-refractivity contribution in [3.63, 3.8) is 0 Å². The number of hydrogen-bond acceptors (Lipinski definition) is 3. The summed E-state index contributed by atoms with van der Waals surface area (Å²) in [5.74, 6) is -0.747. The van der Waals surface area contributed by atoms with E-state index >= 15 is 0 Å². The molecule has 0 amide bonds. The van der Waals surface area contributed by atoms with Gasteiger partial charge >= 0.3 is 5.97 Å². The van der Waals surface area contributed by atoms with E-state index in [9.17, 15) is 9.90 Å². The van der Waals surface area contributed by atoms with Crippen molar-refractivity contribution in [2.75, 3.05) is 0 Å². The topological polar surface area (TPSA) is 50.2 Å². The molecule has 0 atom stereocenters. The van der Waals surface area contributed by atoms with Crippen LogP contribution in [0.4, 0.5) is 0 Å². The lowest BCUT2D eigenvalue weighted by molar-refractivity contribution is 0.0692. The smallest absolute Gasteiger partial charge is 0.356 e. The third-order valence-corrected chi connectivity index (χ3v) is 4.76. The Morgan fingerprint density at radius 2 is 1.86 bits per heavy atom. The number of hydrogen-bond donors (Lipinski definition) is 1. The summed E-state index contributed by atoms with van der Waals surface area (Å²) >= 11 is 1.47. The molecule has 0 saturated heterocycles. The van der Waals surface area contributed by atoms with Gasteiger partial charge in [0, 0.05) is 5.92 Å². The lowest BCUT2D eigenvalue weighted by Gasteiger charge is -2.02. The van der Waals surface area contributed by atoms with Crippen molar-refractivity contribution in [2.45, 2.75) is 19.8 Å². The van der Waals surface area contributed by atoms with Gasteiger partial charge in [-0.1, -0.05) is 50.2 Å². The van der Waals surface area contributed by atoms with Crippen molar-refractivity contribution in [3.8, 4) is 10.4 Å². The predicted octanol–water partition coefficient (Wildman–Crippen LogP) is 4.78. The number of carboxylic acids is 1. The van der Waals surface area contributed by atoms with Gasteiger partial charge in [0.05, 0.1) is 9.88 Å². The van der Waals surface area contributed by atoms with Gasteiger partial charge in [-0.2, -0.15) is 0 Å². The van der Waals surface area contributed by atoms with E-state index in [1.807, 2.05) is 56.3 Å². The van der Waals surface area contributed by atoms with E-state index in [1.54, 1.807) is 0 Å². The zero-order valence-electron chi connectivity index (χ0n) is 11.8. The molecule has 3 rings (SSSR count). The molecule has 1 heterocycles. The van der Waals surface area contributed by atoms with Crippen molar-refractivity contribution in [3.05, 3.63) is 53.2 Å².